The number of ether oxygens (including phenoxy) is 1. The van der Waals surface area contributed by atoms with Crippen molar-refractivity contribution in [2.75, 3.05) is 19.4 Å². The third kappa shape index (κ3) is 3.35. The van der Waals surface area contributed by atoms with Crippen LogP contribution in [0.5, 0.6) is 0 Å². The van der Waals surface area contributed by atoms with Gasteiger partial charge in [0, 0.05) is 18.3 Å². The largest absolute Gasteiger partial charge is 0.370 e. The van der Waals surface area contributed by atoms with E-state index in [4.69, 9.17) is 4.74 Å². The number of sulfone groups is 1. The molecule has 0 radical (unpaired) electrons. The second-order valence-corrected chi connectivity index (χ2v) is 7.45. The van der Waals surface area contributed by atoms with Gasteiger partial charge in [0.1, 0.15) is 0 Å². The molecule has 1 aromatic carbocycles. The zero-order valence-corrected chi connectivity index (χ0v) is 12.5. The van der Waals surface area contributed by atoms with Crippen LogP contribution in [0.2, 0.25) is 0 Å². The number of hydrogen-bond acceptors (Lipinski definition) is 4. The molecule has 19 heavy (non-hydrogen) atoms. The molecule has 2 rings (SSSR count). The van der Waals surface area contributed by atoms with E-state index in [1.54, 1.807) is 12.1 Å². The van der Waals surface area contributed by atoms with Crippen molar-refractivity contribution in [2.24, 2.45) is 0 Å². The average molecular weight is 283 g/mol. The highest BCUT2D eigenvalue weighted by Gasteiger charge is 2.30. The minimum atomic E-state index is -3.13. The number of rotatable bonds is 3. The Kier molecular flexibility index (Phi) is 3.99. The van der Waals surface area contributed by atoms with Crippen LogP contribution >= 0.6 is 0 Å². The van der Waals surface area contributed by atoms with E-state index in [9.17, 15) is 8.42 Å². The second-order valence-electron chi connectivity index (χ2n) is 5.44. The van der Waals surface area contributed by atoms with E-state index in [1.807, 2.05) is 12.1 Å². The van der Waals surface area contributed by atoms with Gasteiger partial charge in [-0.1, -0.05) is 19.1 Å². The molecule has 0 saturated carbocycles. The molecular formula is C14H21NO3S. The fraction of sp³-hybridized carbons (Fsp3) is 0.571. The van der Waals surface area contributed by atoms with Crippen LogP contribution in [-0.4, -0.2) is 33.4 Å². The third-order valence-electron chi connectivity index (χ3n) is 3.78. The smallest absolute Gasteiger partial charge is 0.175 e. The standard InChI is InChI=1S/C14H21NO3S/c1-4-14(2)10-18-13(9-15-14)11-5-7-12(8-6-11)19(3,16)17/h5-8,13,15H,4,9-10H2,1-3H3. The lowest BCUT2D eigenvalue weighted by Gasteiger charge is -2.38. The first-order valence-electron chi connectivity index (χ1n) is 6.51. The van der Waals surface area contributed by atoms with E-state index < -0.39 is 9.84 Å². The Hall–Kier alpha value is -0.910. The predicted molar refractivity (Wildman–Crippen MR) is 74.9 cm³/mol. The Morgan fingerprint density at radius 1 is 1.37 bits per heavy atom. The quantitative estimate of drug-likeness (QED) is 0.921. The SMILES string of the molecule is CCC1(C)COC(c2ccc(S(C)(=O)=O)cc2)CN1. The number of hydrogen-bond donors (Lipinski definition) is 1. The van der Waals surface area contributed by atoms with Crippen molar-refractivity contribution in [1.29, 1.82) is 0 Å². The lowest BCUT2D eigenvalue weighted by atomic mass is 9.96. The minimum absolute atomic E-state index is 0.00626. The van der Waals surface area contributed by atoms with E-state index in [1.165, 1.54) is 6.26 Å². The van der Waals surface area contributed by atoms with Crippen molar-refractivity contribution >= 4 is 9.84 Å². The number of benzene rings is 1. The molecule has 1 aromatic rings. The zero-order valence-electron chi connectivity index (χ0n) is 11.6. The molecule has 5 heteroatoms. The minimum Gasteiger partial charge on any atom is -0.370 e. The average Bonchev–Trinajstić information content (AvgIpc) is 2.39. The summed E-state index contributed by atoms with van der Waals surface area (Å²) >= 11 is 0. The van der Waals surface area contributed by atoms with E-state index in [2.05, 4.69) is 19.2 Å². The van der Waals surface area contributed by atoms with Crippen molar-refractivity contribution < 1.29 is 13.2 Å². The molecular weight excluding hydrogens is 262 g/mol. The number of morpholine rings is 1. The van der Waals surface area contributed by atoms with E-state index >= 15 is 0 Å². The summed E-state index contributed by atoms with van der Waals surface area (Å²) in [7, 11) is -3.13. The van der Waals surface area contributed by atoms with Crippen molar-refractivity contribution in [3.8, 4) is 0 Å². The van der Waals surface area contributed by atoms with Crippen molar-refractivity contribution in [3.05, 3.63) is 29.8 Å². The third-order valence-corrected chi connectivity index (χ3v) is 4.91. The first-order valence-corrected chi connectivity index (χ1v) is 8.40. The topological polar surface area (TPSA) is 55.4 Å². The molecule has 0 bridgehead atoms. The summed E-state index contributed by atoms with van der Waals surface area (Å²) in [5, 5.41) is 3.50. The lowest BCUT2D eigenvalue weighted by Crippen LogP contribution is -2.52. The first-order chi connectivity index (χ1) is 8.84. The Morgan fingerprint density at radius 3 is 2.42 bits per heavy atom. The Labute approximate surface area is 115 Å². The van der Waals surface area contributed by atoms with Gasteiger partial charge in [0.05, 0.1) is 17.6 Å². The van der Waals surface area contributed by atoms with E-state index in [0.717, 1.165) is 18.5 Å². The lowest BCUT2D eigenvalue weighted by molar-refractivity contribution is -0.0299. The molecule has 0 aromatic heterocycles. The van der Waals surface area contributed by atoms with Crippen LogP contribution in [0.1, 0.15) is 31.9 Å². The van der Waals surface area contributed by atoms with Gasteiger partial charge in [-0.2, -0.15) is 0 Å². The molecule has 2 atom stereocenters. The summed E-state index contributed by atoms with van der Waals surface area (Å²) < 4.78 is 28.7. The predicted octanol–water partition coefficient (Wildman–Crippen LogP) is 1.92. The molecule has 2 unspecified atom stereocenters. The van der Waals surface area contributed by atoms with E-state index in [-0.39, 0.29) is 11.6 Å². The molecule has 1 N–H and O–H groups in total. The maximum Gasteiger partial charge on any atom is 0.175 e. The monoisotopic (exact) mass is 283 g/mol. The van der Waals surface area contributed by atoms with Gasteiger partial charge in [-0.05, 0) is 31.0 Å². The highest BCUT2D eigenvalue weighted by molar-refractivity contribution is 7.90. The van der Waals surface area contributed by atoms with Gasteiger partial charge in [0.2, 0.25) is 0 Å². The fourth-order valence-corrected chi connectivity index (χ4v) is 2.73. The molecule has 1 heterocycles. The van der Waals surface area contributed by atoms with Crippen molar-refractivity contribution in [2.45, 2.75) is 36.8 Å². The molecule has 1 aliphatic rings. The van der Waals surface area contributed by atoms with Crippen LogP contribution in [0.4, 0.5) is 0 Å². The molecule has 0 spiro atoms. The molecule has 106 valence electrons. The molecule has 4 nitrogen and oxygen atoms in total. The zero-order chi connectivity index (χ0) is 14.1. The van der Waals surface area contributed by atoms with Gasteiger partial charge < -0.3 is 10.1 Å². The summed E-state index contributed by atoms with van der Waals surface area (Å²) in [6.45, 7) is 5.71. The highest BCUT2D eigenvalue weighted by Crippen LogP contribution is 2.26. The van der Waals surface area contributed by atoms with Gasteiger partial charge in [0.25, 0.3) is 0 Å². The Morgan fingerprint density at radius 2 is 2.00 bits per heavy atom. The van der Waals surface area contributed by atoms with Crippen LogP contribution in [0.3, 0.4) is 0 Å². The van der Waals surface area contributed by atoms with Gasteiger partial charge >= 0.3 is 0 Å². The number of nitrogens with one attached hydrogen (secondary N) is 1. The Bertz CT molecular complexity index is 528. The van der Waals surface area contributed by atoms with Crippen molar-refractivity contribution in [3.63, 3.8) is 0 Å². The van der Waals surface area contributed by atoms with Crippen LogP contribution in [-0.2, 0) is 14.6 Å². The molecule has 1 aliphatic heterocycles. The molecule has 1 fully saturated rings. The summed E-state index contributed by atoms with van der Waals surface area (Å²) in [5.74, 6) is 0. The summed E-state index contributed by atoms with van der Waals surface area (Å²) in [6.07, 6.45) is 2.23. The summed E-state index contributed by atoms with van der Waals surface area (Å²) in [4.78, 5) is 0.346. The molecule has 0 aliphatic carbocycles. The van der Waals surface area contributed by atoms with Crippen LogP contribution in [0.15, 0.2) is 29.2 Å². The molecule has 0 amide bonds. The van der Waals surface area contributed by atoms with Crippen molar-refractivity contribution in [1.82, 2.24) is 5.32 Å². The van der Waals surface area contributed by atoms with Gasteiger partial charge in [0.15, 0.2) is 9.84 Å². The second kappa shape index (κ2) is 5.23. The van der Waals surface area contributed by atoms with Crippen LogP contribution in [0, 0.1) is 0 Å². The maximum atomic E-state index is 11.4. The highest BCUT2D eigenvalue weighted by atomic mass is 32.2. The Balaban J connectivity index is 2.09. The van der Waals surface area contributed by atoms with Gasteiger partial charge in [-0.25, -0.2) is 8.42 Å². The molecule has 1 saturated heterocycles. The van der Waals surface area contributed by atoms with Gasteiger partial charge in [-0.3, -0.25) is 0 Å². The van der Waals surface area contributed by atoms with E-state index in [0.29, 0.717) is 11.5 Å². The van der Waals surface area contributed by atoms with Crippen LogP contribution in [0.25, 0.3) is 0 Å². The summed E-state index contributed by atoms with van der Waals surface area (Å²) in [6, 6.07) is 6.94. The normalized spacial score (nSPS) is 28.3. The van der Waals surface area contributed by atoms with Crippen LogP contribution < -0.4 is 5.32 Å². The summed E-state index contributed by atoms with van der Waals surface area (Å²) in [5.41, 5.74) is 1.06. The maximum absolute atomic E-state index is 11.4. The first kappa shape index (κ1) is 14.5. The fourth-order valence-electron chi connectivity index (χ4n) is 2.10. The van der Waals surface area contributed by atoms with Gasteiger partial charge in [-0.15, -0.1) is 0 Å².